The van der Waals surface area contributed by atoms with Crippen molar-refractivity contribution >= 4 is 38.9 Å². The van der Waals surface area contributed by atoms with Gasteiger partial charge in [-0.25, -0.2) is 0 Å². The molecule has 5 heteroatoms. The number of fused-ring (bicyclic) bond motifs is 1. The summed E-state index contributed by atoms with van der Waals surface area (Å²) in [5, 5.41) is 4.47. The number of likely N-dealkylation sites (tertiary alicyclic amines) is 1. The summed E-state index contributed by atoms with van der Waals surface area (Å²) in [6.07, 6.45) is 2.62. The maximum Gasteiger partial charge on any atom is 0.263 e. The second kappa shape index (κ2) is 7.78. The third kappa shape index (κ3) is 3.78. The number of carbonyl (C=O) groups is 1. The van der Waals surface area contributed by atoms with E-state index in [-0.39, 0.29) is 5.91 Å². The average Bonchev–Trinajstić information content (AvgIpc) is 3.29. The van der Waals surface area contributed by atoms with Crippen molar-refractivity contribution in [3.05, 3.63) is 69.6 Å². The molecule has 1 N–H and O–H groups in total. The van der Waals surface area contributed by atoms with Crippen LogP contribution >= 0.6 is 22.9 Å². The Morgan fingerprint density at radius 3 is 2.46 bits per heavy atom. The Kier molecular flexibility index (Phi) is 5.25. The van der Waals surface area contributed by atoms with Crippen molar-refractivity contribution in [3.63, 3.8) is 0 Å². The molecule has 2 heterocycles. The lowest BCUT2D eigenvalue weighted by atomic mass is 10.1. The average molecular weight is 385 g/mol. The van der Waals surface area contributed by atoms with Crippen LogP contribution < -0.4 is 5.32 Å². The number of rotatable bonds is 5. The molecule has 0 bridgehead atoms. The van der Waals surface area contributed by atoms with E-state index in [9.17, 15) is 4.79 Å². The molecule has 0 saturated carbocycles. The van der Waals surface area contributed by atoms with Crippen LogP contribution in [0.5, 0.6) is 0 Å². The molecule has 1 aromatic heterocycles. The van der Waals surface area contributed by atoms with Crippen LogP contribution in [-0.4, -0.2) is 23.9 Å². The van der Waals surface area contributed by atoms with Gasteiger partial charge in [0.05, 0.1) is 5.02 Å². The van der Waals surface area contributed by atoms with E-state index in [1.165, 1.54) is 42.8 Å². The van der Waals surface area contributed by atoms with Crippen LogP contribution in [0.4, 0.5) is 0 Å². The first kappa shape index (κ1) is 17.5. The summed E-state index contributed by atoms with van der Waals surface area (Å²) < 4.78 is 1.04. The van der Waals surface area contributed by atoms with Gasteiger partial charge < -0.3 is 5.32 Å². The molecule has 1 aliphatic rings. The van der Waals surface area contributed by atoms with Gasteiger partial charge in [0.1, 0.15) is 4.88 Å². The summed E-state index contributed by atoms with van der Waals surface area (Å²) in [6.45, 7) is 3.93. The van der Waals surface area contributed by atoms with Crippen molar-refractivity contribution in [2.24, 2.45) is 0 Å². The highest BCUT2D eigenvalue weighted by atomic mass is 35.5. The van der Waals surface area contributed by atoms with E-state index in [1.807, 2.05) is 24.3 Å². The summed E-state index contributed by atoms with van der Waals surface area (Å²) in [5.41, 5.74) is 2.43. The molecule has 0 spiro atoms. The predicted octanol–water partition coefficient (Wildman–Crippen LogP) is 5.08. The molecule has 3 aromatic rings. The molecule has 0 radical (unpaired) electrons. The molecule has 2 aromatic carbocycles. The Labute approximate surface area is 162 Å². The first-order valence-electron chi connectivity index (χ1n) is 8.96. The van der Waals surface area contributed by atoms with E-state index in [4.69, 9.17) is 11.6 Å². The van der Waals surface area contributed by atoms with E-state index in [1.54, 1.807) is 0 Å². The summed E-state index contributed by atoms with van der Waals surface area (Å²) in [7, 11) is 0. The molecule has 0 unspecified atom stereocenters. The van der Waals surface area contributed by atoms with Crippen LogP contribution in [0.25, 0.3) is 10.1 Å². The quantitative estimate of drug-likeness (QED) is 0.665. The number of nitrogens with zero attached hydrogens (tertiary/aromatic N) is 1. The van der Waals surface area contributed by atoms with E-state index in [2.05, 4.69) is 34.5 Å². The second-order valence-corrected chi connectivity index (χ2v) is 8.15. The molecular weight excluding hydrogens is 364 g/mol. The number of nitrogens with one attached hydrogen (secondary N) is 1. The minimum atomic E-state index is -0.114. The Balaban J connectivity index is 1.38. The van der Waals surface area contributed by atoms with E-state index < -0.39 is 0 Å². The molecular formula is C21H21ClN2OS. The lowest BCUT2D eigenvalue weighted by molar-refractivity contribution is 0.0955. The third-order valence-electron chi connectivity index (χ3n) is 4.82. The van der Waals surface area contributed by atoms with Gasteiger partial charge in [-0.1, -0.05) is 54.1 Å². The fourth-order valence-electron chi connectivity index (χ4n) is 3.38. The van der Waals surface area contributed by atoms with Crippen molar-refractivity contribution in [2.75, 3.05) is 13.1 Å². The van der Waals surface area contributed by atoms with Crippen molar-refractivity contribution < 1.29 is 4.79 Å². The number of thiophene rings is 1. The molecule has 134 valence electrons. The van der Waals surface area contributed by atoms with Gasteiger partial charge in [0.15, 0.2) is 0 Å². The number of benzene rings is 2. The lowest BCUT2D eigenvalue weighted by Gasteiger charge is -2.14. The van der Waals surface area contributed by atoms with Crippen LogP contribution in [0.3, 0.4) is 0 Å². The minimum absolute atomic E-state index is 0.114. The fourth-order valence-corrected chi connectivity index (χ4v) is 4.82. The molecule has 0 atom stereocenters. The maximum atomic E-state index is 12.5. The van der Waals surface area contributed by atoms with Crippen molar-refractivity contribution in [1.29, 1.82) is 0 Å². The summed E-state index contributed by atoms with van der Waals surface area (Å²) in [6, 6.07) is 16.3. The van der Waals surface area contributed by atoms with Gasteiger partial charge in [-0.3, -0.25) is 9.69 Å². The van der Waals surface area contributed by atoms with Gasteiger partial charge in [0, 0.05) is 23.2 Å². The summed E-state index contributed by atoms with van der Waals surface area (Å²) >= 11 is 7.82. The Morgan fingerprint density at radius 1 is 1.04 bits per heavy atom. The van der Waals surface area contributed by atoms with Crippen LogP contribution in [0.2, 0.25) is 5.02 Å². The molecule has 26 heavy (non-hydrogen) atoms. The Bertz CT molecular complexity index is 913. The zero-order chi connectivity index (χ0) is 17.9. The lowest BCUT2D eigenvalue weighted by Crippen LogP contribution is -2.22. The molecule has 0 aliphatic carbocycles. The van der Waals surface area contributed by atoms with Crippen molar-refractivity contribution in [3.8, 4) is 0 Å². The first-order chi connectivity index (χ1) is 12.7. The van der Waals surface area contributed by atoms with Gasteiger partial charge in [-0.15, -0.1) is 11.3 Å². The molecule has 1 saturated heterocycles. The number of hydrogen-bond acceptors (Lipinski definition) is 3. The zero-order valence-corrected chi connectivity index (χ0v) is 16.1. The van der Waals surface area contributed by atoms with Gasteiger partial charge in [-0.2, -0.15) is 0 Å². The third-order valence-corrected chi connectivity index (χ3v) is 6.50. The Morgan fingerprint density at radius 2 is 1.73 bits per heavy atom. The Hall–Kier alpha value is -1.88. The van der Waals surface area contributed by atoms with E-state index >= 15 is 0 Å². The van der Waals surface area contributed by atoms with Gasteiger partial charge in [0.2, 0.25) is 0 Å². The predicted molar refractivity (Wildman–Crippen MR) is 109 cm³/mol. The minimum Gasteiger partial charge on any atom is -0.347 e. The van der Waals surface area contributed by atoms with Gasteiger partial charge in [-0.05, 0) is 43.1 Å². The molecule has 1 amide bonds. The highest BCUT2D eigenvalue weighted by Gasteiger charge is 2.16. The number of amides is 1. The first-order valence-corrected chi connectivity index (χ1v) is 10.2. The largest absolute Gasteiger partial charge is 0.347 e. The van der Waals surface area contributed by atoms with Crippen LogP contribution in [-0.2, 0) is 13.1 Å². The van der Waals surface area contributed by atoms with Crippen LogP contribution in [0, 0.1) is 0 Å². The monoisotopic (exact) mass is 384 g/mol. The highest BCUT2D eigenvalue weighted by molar-refractivity contribution is 7.21. The maximum absolute atomic E-state index is 12.5. The number of halogens is 1. The van der Waals surface area contributed by atoms with Crippen LogP contribution in [0.15, 0.2) is 48.5 Å². The molecule has 4 rings (SSSR count). The molecule has 1 fully saturated rings. The summed E-state index contributed by atoms with van der Waals surface area (Å²) in [4.78, 5) is 15.6. The van der Waals surface area contributed by atoms with Gasteiger partial charge in [0.25, 0.3) is 5.91 Å². The molecule has 3 nitrogen and oxygen atoms in total. The van der Waals surface area contributed by atoms with E-state index in [0.717, 1.165) is 22.2 Å². The number of carbonyl (C=O) groups excluding carboxylic acids is 1. The normalized spacial score (nSPS) is 14.8. The molecule has 1 aliphatic heterocycles. The van der Waals surface area contributed by atoms with E-state index in [0.29, 0.717) is 16.4 Å². The van der Waals surface area contributed by atoms with Crippen molar-refractivity contribution in [1.82, 2.24) is 10.2 Å². The van der Waals surface area contributed by atoms with Crippen molar-refractivity contribution in [2.45, 2.75) is 25.9 Å². The zero-order valence-electron chi connectivity index (χ0n) is 14.5. The SMILES string of the molecule is O=C(NCc1ccc(CN2CCCC2)cc1)c1sc2ccccc2c1Cl. The second-order valence-electron chi connectivity index (χ2n) is 6.72. The van der Waals surface area contributed by atoms with Gasteiger partial charge >= 0.3 is 0 Å². The summed E-state index contributed by atoms with van der Waals surface area (Å²) in [5.74, 6) is -0.114. The highest BCUT2D eigenvalue weighted by Crippen LogP contribution is 2.35. The fraction of sp³-hybridized carbons (Fsp3) is 0.286. The number of hydrogen-bond donors (Lipinski definition) is 1. The topological polar surface area (TPSA) is 32.3 Å². The van der Waals surface area contributed by atoms with Crippen LogP contribution in [0.1, 0.15) is 33.6 Å². The standard InChI is InChI=1S/C21H21ClN2OS/c22-19-17-5-1-2-6-18(17)26-20(19)21(25)23-13-15-7-9-16(10-8-15)14-24-11-3-4-12-24/h1-2,5-10H,3-4,11-14H2,(H,23,25). The smallest absolute Gasteiger partial charge is 0.263 e.